The minimum Gasteiger partial charge on any atom is -0.467 e. The second-order valence-electron chi connectivity index (χ2n) is 6.73. The molecule has 140 valence electrons. The number of benzene rings is 1. The maximum atomic E-state index is 12.3. The predicted octanol–water partition coefficient (Wildman–Crippen LogP) is 2.86. The second-order valence-corrected chi connectivity index (χ2v) is 6.73. The van der Waals surface area contributed by atoms with Crippen molar-refractivity contribution in [2.45, 2.75) is 25.9 Å². The molecule has 0 aliphatic carbocycles. The first-order chi connectivity index (χ1) is 13.3. The molecule has 3 aromatic rings. The number of amides is 1. The molecule has 1 aliphatic heterocycles. The van der Waals surface area contributed by atoms with E-state index in [9.17, 15) is 4.79 Å². The maximum Gasteiger partial charge on any atom is 0.257 e. The molecule has 7 heteroatoms. The maximum absolute atomic E-state index is 12.3. The van der Waals surface area contributed by atoms with Crippen LogP contribution in [0.2, 0.25) is 0 Å². The highest BCUT2D eigenvalue weighted by Gasteiger charge is 2.25. The van der Waals surface area contributed by atoms with Crippen molar-refractivity contribution in [3.63, 3.8) is 0 Å². The Hall–Kier alpha value is -2.93. The lowest BCUT2D eigenvalue weighted by molar-refractivity contribution is -0.126. The van der Waals surface area contributed by atoms with Gasteiger partial charge in [0, 0.05) is 11.5 Å². The van der Waals surface area contributed by atoms with Gasteiger partial charge < -0.3 is 14.3 Å². The predicted molar refractivity (Wildman–Crippen MR) is 98.3 cm³/mol. The van der Waals surface area contributed by atoms with Crippen molar-refractivity contribution in [3.8, 4) is 11.5 Å². The van der Waals surface area contributed by atoms with Crippen LogP contribution in [0.15, 0.2) is 57.7 Å². The number of likely N-dealkylation sites (tertiary alicyclic amines) is 1. The van der Waals surface area contributed by atoms with E-state index in [1.54, 1.807) is 6.26 Å². The van der Waals surface area contributed by atoms with E-state index < -0.39 is 0 Å². The van der Waals surface area contributed by atoms with Crippen molar-refractivity contribution in [1.82, 2.24) is 20.4 Å². The number of carbonyl (C=O) groups is 1. The Morgan fingerprint density at radius 3 is 2.70 bits per heavy atom. The fourth-order valence-electron chi connectivity index (χ4n) is 3.30. The van der Waals surface area contributed by atoms with Gasteiger partial charge >= 0.3 is 0 Å². The molecule has 1 amide bonds. The van der Waals surface area contributed by atoms with Gasteiger partial charge in [0.05, 0.1) is 19.4 Å². The zero-order chi connectivity index (χ0) is 18.5. The molecule has 1 N–H and O–H groups in total. The average Bonchev–Trinajstić information content (AvgIpc) is 3.39. The van der Waals surface area contributed by atoms with Gasteiger partial charge in [0.25, 0.3) is 5.89 Å². The van der Waals surface area contributed by atoms with Crippen LogP contribution in [0.4, 0.5) is 0 Å². The molecule has 2 aromatic heterocycles. The first-order valence-corrected chi connectivity index (χ1v) is 9.18. The quantitative estimate of drug-likeness (QED) is 0.722. The molecular weight excluding hydrogens is 344 g/mol. The van der Waals surface area contributed by atoms with Crippen molar-refractivity contribution in [1.29, 1.82) is 0 Å². The molecule has 0 unspecified atom stereocenters. The molecule has 0 radical (unpaired) electrons. The average molecular weight is 366 g/mol. The van der Waals surface area contributed by atoms with E-state index in [2.05, 4.69) is 20.4 Å². The van der Waals surface area contributed by atoms with Crippen LogP contribution < -0.4 is 5.32 Å². The van der Waals surface area contributed by atoms with Crippen LogP contribution in [0.25, 0.3) is 11.5 Å². The Bertz CT molecular complexity index is 853. The van der Waals surface area contributed by atoms with Crippen molar-refractivity contribution in [2.75, 3.05) is 13.1 Å². The monoisotopic (exact) mass is 366 g/mol. The van der Waals surface area contributed by atoms with Gasteiger partial charge in [-0.3, -0.25) is 9.69 Å². The highest BCUT2D eigenvalue weighted by molar-refractivity contribution is 5.78. The molecule has 0 bridgehead atoms. The molecule has 7 nitrogen and oxygen atoms in total. The Labute approximate surface area is 157 Å². The fraction of sp³-hybridized carbons (Fsp3) is 0.350. The van der Waals surface area contributed by atoms with Gasteiger partial charge in [-0.1, -0.05) is 23.4 Å². The minimum atomic E-state index is 0.0429. The minimum absolute atomic E-state index is 0.0429. The zero-order valence-corrected chi connectivity index (χ0v) is 15.0. The number of nitrogens with zero attached hydrogens (tertiary/aromatic N) is 3. The first-order valence-electron chi connectivity index (χ1n) is 9.18. The van der Waals surface area contributed by atoms with E-state index in [0.29, 0.717) is 24.8 Å². The third-order valence-corrected chi connectivity index (χ3v) is 4.83. The summed E-state index contributed by atoms with van der Waals surface area (Å²) in [6.45, 7) is 2.76. The van der Waals surface area contributed by atoms with Crippen LogP contribution in [-0.2, 0) is 17.9 Å². The van der Waals surface area contributed by atoms with Gasteiger partial charge in [0.1, 0.15) is 5.76 Å². The molecule has 1 fully saturated rings. The van der Waals surface area contributed by atoms with Crippen LogP contribution in [-0.4, -0.2) is 34.0 Å². The molecule has 0 spiro atoms. The molecule has 27 heavy (non-hydrogen) atoms. The van der Waals surface area contributed by atoms with Crippen molar-refractivity contribution < 1.29 is 13.7 Å². The summed E-state index contributed by atoms with van der Waals surface area (Å²) in [5.41, 5.74) is 0.920. The molecule has 1 saturated heterocycles. The van der Waals surface area contributed by atoms with Crippen molar-refractivity contribution in [2.24, 2.45) is 5.92 Å². The summed E-state index contributed by atoms with van der Waals surface area (Å²) in [4.78, 5) is 19.0. The largest absolute Gasteiger partial charge is 0.467 e. The van der Waals surface area contributed by atoms with Crippen LogP contribution in [0.1, 0.15) is 24.4 Å². The molecule has 1 aliphatic rings. The summed E-state index contributed by atoms with van der Waals surface area (Å²) in [7, 11) is 0. The second kappa shape index (κ2) is 8.18. The number of hydrogen-bond donors (Lipinski definition) is 1. The zero-order valence-electron chi connectivity index (χ0n) is 15.0. The lowest BCUT2D eigenvalue weighted by Crippen LogP contribution is -2.40. The van der Waals surface area contributed by atoms with Gasteiger partial charge in [-0.25, -0.2) is 0 Å². The summed E-state index contributed by atoms with van der Waals surface area (Å²) in [5.74, 6) is 2.12. The van der Waals surface area contributed by atoms with E-state index >= 15 is 0 Å². The number of piperidine rings is 1. The summed E-state index contributed by atoms with van der Waals surface area (Å²) in [6.07, 6.45) is 3.27. The summed E-state index contributed by atoms with van der Waals surface area (Å²) >= 11 is 0. The number of carbonyl (C=O) groups excluding carboxylic acids is 1. The van der Waals surface area contributed by atoms with Gasteiger partial charge in [0.2, 0.25) is 5.91 Å². The Kier molecular flexibility index (Phi) is 5.29. The Morgan fingerprint density at radius 2 is 1.96 bits per heavy atom. The molecule has 1 aromatic carbocycles. The lowest BCUT2D eigenvalue weighted by atomic mass is 9.96. The molecule has 0 atom stereocenters. The standard InChI is InChI=1S/C20H22N4O3/c25-19(21-13-17-7-4-12-26-17)15-8-10-24(11-9-15)14-18-22-20(27-23-18)16-5-2-1-3-6-16/h1-7,12,15H,8-11,13-14H2,(H,21,25). The van der Waals surface area contributed by atoms with Crippen molar-refractivity contribution in [3.05, 3.63) is 60.3 Å². The normalized spacial score (nSPS) is 15.7. The van der Waals surface area contributed by atoms with Crippen LogP contribution in [0, 0.1) is 5.92 Å². The Morgan fingerprint density at radius 1 is 1.15 bits per heavy atom. The topological polar surface area (TPSA) is 84.4 Å². The molecule has 4 rings (SSSR count). The Balaban J connectivity index is 1.25. The van der Waals surface area contributed by atoms with Gasteiger partial charge in [-0.2, -0.15) is 4.98 Å². The summed E-state index contributed by atoms with van der Waals surface area (Å²) in [5, 5.41) is 7.03. The fourth-order valence-corrected chi connectivity index (χ4v) is 3.30. The SMILES string of the molecule is O=C(NCc1ccco1)C1CCN(Cc2noc(-c3ccccc3)n2)CC1. The van der Waals surface area contributed by atoms with E-state index in [-0.39, 0.29) is 11.8 Å². The highest BCUT2D eigenvalue weighted by atomic mass is 16.5. The number of nitrogens with one attached hydrogen (secondary N) is 1. The van der Waals surface area contributed by atoms with E-state index in [4.69, 9.17) is 8.94 Å². The van der Waals surface area contributed by atoms with Gasteiger partial charge in [-0.15, -0.1) is 0 Å². The van der Waals surface area contributed by atoms with E-state index in [1.807, 2.05) is 42.5 Å². The summed E-state index contributed by atoms with van der Waals surface area (Å²) < 4.78 is 10.6. The molecule has 3 heterocycles. The van der Waals surface area contributed by atoms with Crippen LogP contribution in [0.3, 0.4) is 0 Å². The van der Waals surface area contributed by atoms with Crippen LogP contribution in [0.5, 0.6) is 0 Å². The third kappa shape index (κ3) is 4.43. The third-order valence-electron chi connectivity index (χ3n) is 4.83. The molecular formula is C20H22N4O3. The first kappa shape index (κ1) is 17.5. The number of furan rings is 1. The smallest absolute Gasteiger partial charge is 0.257 e. The highest BCUT2D eigenvalue weighted by Crippen LogP contribution is 2.20. The van der Waals surface area contributed by atoms with Crippen molar-refractivity contribution >= 4 is 5.91 Å². The van der Waals surface area contributed by atoms with Gasteiger partial charge in [0.15, 0.2) is 5.82 Å². The molecule has 0 saturated carbocycles. The van der Waals surface area contributed by atoms with Crippen LogP contribution >= 0.6 is 0 Å². The number of aromatic nitrogens is 2. The van der Waals surface area contributed by atoms with E-state index in [1.165, 1.54) is 0 Å². The lowest BCUT2D eigenvalue weighted by Gasteiger charge is -2.30. The van der Waals surface area contributed by atoms with E-state index in [0.717, 1.165) is 37.3 Å². The summed E-state index contributed by atoms with van der Waals surface area (Å²) in [6, 6.07) is 13.4. The number of hydrogen-bond acceptors (Lipinski definition) is 6. The van der Waals surface area contributed by atoms with Gasteiger partial charge in [-0.05, 0) is 50.2 Å². The number of rotatable bonds is 6.